The molecular formula is C9H16O. The number of hydrogen-bond donors (Lipinski definition) is 0. The molecule has 0 saturated heterocycles. The predicted octanol–water partition coefficient (Wildman–Crippen LogP) is 2.58. The monoisotopic (exact) mass is 140 g/mol. The molecule has 0 radical (unpaired) electrons. The van der Waals surface area contributed by atoms with Gasteiger partial charge in [0.05, 0.1) is 12.9 Å². The minimum atomic E-state index is 0.579. The molecule has 1 rings (SSSR count). The van der Waals surface area contributed by atoms with E-state index in [1.807, 2.05) is 0 Å². The highest BCUT2D eigenvalue weighted by Gasteiger charge is 2.35. The van der Waals surface area contributed by atoms with Crippen LogP contribution in [0.1, 0.15) is 26.7 Å². The van der Waals surface area contributed by atoms with Crippen molar-refractivity contribution >= 4 is 0 Å². The molecule has 0 aliphatic heterocycles. The summed E-state index contributed by atoms with van der Waals surface area (Å²) in [6.07, 6.45) is 4.15. The average molecular weight is 140 g/mol. The summed E-state index contributed by atoms with van der Waals surface area (Å²) < 4.78 is 5.09. The van der Waals surface area contributed by atoms with Gasteiger partial charge in [-0.05, 0) is 24.2 Å². The maximum Gasteiger partial charge on any atom is 0.0901 e. The third kappa shape index (κ3) is 1.76. The minimum Gasteiger partial charge on any atom is -0.502 e. The number of ether oxygens (including phenoxy) is 1. The van der Waals surface area contributed by atoms with Crippen LogP contribution >= 0.6 is 0 Å². The number of rotatable bonds is 3. The second-order valence-corrected chi connectivity index (χ2v) is 3.94. The van der Waals surface area contributed by atoms with Gasteiger partial charge in [-0.15, -0.1) is 0 Å². The molecule has 0 bridgehead atoms. The van der Waals surface area contributed by atoms with Crippen LogP contribution in [0, 0.1) is 11.3 Å². The summed E-state index contributed by atoms with van der Waals surface area (Å²) in [5.74, 6) is 0.785. The molecule has 1 aliphatic carbocycles. The van der Waals surface area contributed by atoms with Crippen LogP contribution in [0.15, 0.2) is 12.8 Å². The smallest absolute Gasteiger partial charge is 0.0901 e. The summed E-state index contributed by atoms with van der Waals surface area (Å²) in [4.78, 5) is 0. The van der Waals surface area contributed by atoms with E-state index >= 15 is 0 Å². The van der Waals surface area contributed by atoms with Gasteiger partial charge >= 0.3 is 0 Å². The molecule has 1 aliphatic rings. The first-order chi connectivity index (χ1) is 4.64. The lowest BCUT2D eigenvalue weighted by Gasteiger charge is -2.42. The standard InChI is InChI=1S/C9H16O/c1-4-10-7-8-5-9(2,3)6-8/h4,8H,1,5-7H2,2-3H3. The third-order valence-electron chi connectivity index (χ3n) is 2.13. The van der Waals surface area contributed by atoms with Gasteiger partial charge in [-0.3, -0.25) is 0 Å². The average Bonchev–Trinajstić information content (AvgIpc) is 1.78. The van der Waals surface area contributed by atoms with Gasteiger partial charge in [0.1, 0.15) is 0 Å². The topological polar surface area (TPSA) is 9.23 Å². The molecule has 1 nitrogen and oxygen atoms in total. The predicted molar refractivity (Wildman–Crippen MR) is 42.7 cm³/mol. The third-order valence-corrected chi connectivity index (χ3v) is 2.13. The van der Waals surface area contributed by atoms with Gasteiger partial charge in [-0.2, -0.15) is 0 Å². The van der Waals surface area contributed by atoms with Crippen molar-refractivity contribution in [3.63, 3.8) is 0 Å². The van der Waals surface area contributed by atoms with E-state index in [1.54, 1.807) is 0 Å². The Morgan fingerprint density at radius 1 is 1.60 bits per heavy atom. The van der Waals surface area contributed by atoms with E-state index in [0.717, 1.165) is 12.5 Å². The zero-order chi connectivity index (χ0) is 7.61. The van der Waals surface area contributed by atoms with Gasteiger partial charge < -0.3 is 4.74 Å². The van der Waals surface area contributed by atoms with Crippen molar-refractivity contribution < 1.29 is 4.74 Å². The largest absolute Gasteiger partial charge is 0.502 e. The molecule has 0 amide bonds. The molecule has 58 valence electrons. The van der Waals surface area contributed by atoms with Crippen molar-refractivity contribution in [3.05, 3.63) is 12.8 Å². The maximum absolute atomic E-state index is 5.09. The van der Waals surface area contributed by atoms with E-state index in [0.29, 0.717) is 5.41 Å². The second-order valence-electron chi connectivity index (χ2n) is 3.94. The molecule has 1 heteroatoms. The fraction of sp³-hybridized carbons (Fsp3) is 0.778. The summed E-state index contributed by atoms with van der Waals surface area (Å²) in [6.45, 7) is 8.98. The first kappa shape index (κ1) is 7.64. The molecule has 1 fully saturated rings. The van der Waals surface area contributed by atoms with Crippen LogP contribution in [0.2, 0.25) is 0 Å². The van der Waals surface area contributed by atoms with Gasteiger partial charge in [-0.1, -0.05) is 20.4 Å². The Labute approximate surface area is 63.1 Å². The van der Waals surface area contributed by atoms with E-state index in [2.05, 4.69) is 20.4 Å². The Hall–Kier alpha value is -0.460. The van der Waals surface area contributed by atoms with Crippen molar-refractivity contribution in [2.75, 3.05) is 6.61 Å². The Balaban J connectivity index is 2.08. The summed E-state index contributed by atoms with van der Waals surface area (Å²) in [7, 11) is 0. The lowest BCUT2D eigenvalue weighted by atomic mass is 9.65. The first-order valence-corrected chi connectivity index (χ1v) is 3.86. The van der Waals surface area contributed by atoms with Crippen LogP contribution in [0.25, 0.3) is 0 Å². The Kier molecular flexibility index (Phi) is 2.02. The van der Waals surface area contributed by atoms with Crippen LogP contribution in [0.4, 0.5) is 0 Å². The van der Waals surface area contributed by atoms with Crippen LogP contribution < -0.4 is 0 Å². The van der Waals surface area contributed by atoms with Crippen LogP contribution in [-0.4, -0.2) is 6.61 Å². The van der Waals surface area contributed by atoms with E-state index in [-0.39, 0.29) is 0 Å². The molecule has 0 heterocycles. The SMILES string of the molecule is C=COCC1CC(C)(C)C1. The molecule has 0 aromatic rings. The molecule has 0 N–H and O–H groups in total. The summed E-state index contributed by atoms with van der Waals surface area (Å²) in [5.41, 5.74) is 0.579. The maximum atomic E-state index is 5.09. The van der Waals surface area contributed by atoms with Crippen molar-refractivity contribution in [1.29, 1.82) is 0 Å². The van der Waals surface area contributed by atoms with E-state index in [4.69, 9.17) is 4.74 Å². The summed E-state index contributed by atoms with van der Waals surface area (Å²) in [5, 5.41) is 0. The summed E-state index contributed by atoms with van der Waals surface area (Å²) in [6, 6.07) is 0. The van der Waals surface area contributed by atoms with Crippen molar-refractivity contribution in [1.82, 2.24) is 0 Å². The zero-order valence-corrected chi connectivity index (χ0v) is 6.89. The fourth-order valence-electron chi connectivity index (χ4n) is 1.83. The molecule has 10 heavy (non-hydrogen) atoms. The molecule has 0 aromatic heterocycles. The lowest BCUT2D eigenvalue weighted by molar-refractivity contribution is 0.0401. The molecular weight excluding hydrogens is 124 g/mol. The molecule has 1 saturated carbocycles. The van der Waals surface area contributed by atoms with Crippen LogP contribution in [0.3, 0.4) is 0 Å². The Morgan fingerprint density at radius 2 is 2.20 bits per heavy atom. The molecule has 0 aromatic carbocycles. The van der Waals surface area contributed by atoms with Crippen molar-refractivity contribution in [2.24, 2.45) is 11.3 Å². The van der Waals surface area contributed by atoms with Gasteiger partial charge in [0.25, 0.3) is 0 Å². The van der Waals surface area contributed by atoms with Gasteiger partial charge in [0.2, 0.25) is 0 Å². The highest BCUT2D eigenvalue weighted by atomic mass is 16.5. The Morgan fingerprint density at radius 3 is 2.60 bits per heavy atom. The second kappa shape index (κ2) is 2.65. The van der Waals surface area contributed by atoms with Crippen molar-refractivity contribution in [2.45, 2.75) is 26.7 Å². The summed E-state index contributed by atoms with van der Waals surface area (Å²) >= 11 is 0. The van der Waals surface area contributed by atoms with E-state index in [1.165, 1.54) is 19.1 Å². The first-order valence-electron chi connectivity index (χ1n) is 3.86. The Bertz CT molecular complexity index is 119. The van der Waals surface area contributed by atoms with Gasteiger partial charge in [-0.25, -0.2) is 0 Å². The normalized spacial score (nSPS) is 23.4. The van der Waals surface area contributed by atoms with E-state index < -0.39 is 0 Å². The minimum absolute atomic E-state index is 0.579. The highest BCUT2D eigenvalue weighted by molar-refractivity contribution is 4.86. The van der Waals surface area contributed by atoms with E-state index in [9.17, 15) is 0 Å². The van der Waals surface area contributed by atoms with Crippen LogP contribution in [-0.2, 0) is 4.74 Å². The number of hydrogen-bond acceptors (Lipinski definition) is 1. The van der Waals surface area contributed by atoms with Crippen molar-refractivity contribution in [3.8, 4) is 0 Å². The molecule has 0 atom stereocenters. The van der Waals surface area contributed by atoms with Crippen LogP contribution in [0.5, 0.6) is 0 Å². The zero-order valence-electron chi connectivity index (χ0n) is 6.89. The molecule has 0 unspecified atom stereocenters. The fourth-order valence-corrected chi connectivity index (χ4v) is 1.83. The highest BCUT2D eigenvalue weighted by Crippen LogP contribution is 2.44. The quantitative estimate of drug-likeness (QED) is 0.547. The lowest BCUT2D eigenvalue weighted by Crippen LogP contribution is -2.33. The van der Waals surface area contributed by atoms with Gasteiger partial charge in [0.15, 0.2) is 0 Å². The van der Waals surface area contributed by atoms with Gasteiger partial charge in [0, 0.05) is 0 Å². The molecule has 0 spiro atoms.